The van der Waals surface area contributed by atoms with Gasteiger partial charge in [-0.05, 0) is 58.7 Å². The first-order valence-corrected chi connectivity index (χ1v) is 7.37. The first-order valence-electron chi connectivity index (χ1n) is 6.20. The van der Waals surface area contributed by atoms with Crippen molar-refractivity contribution in [2.75, 3.05) is 5.73 Å². The molecular weight excluding hydrogens is 354 g/mol. The van der Waals surface area contributed by atoms with Gasteiger partial charge in [-0.1, -0.05) is 22.8 Å². The Labute approximate surface area is 135 Å². The van der Waals surface area contributed by atoms with E-state index in [9.17, 15) is 0 Å². The molecule has 4 nitrogen and oxygen atoms in total. The zero-order chi connectivity index (χ0) is 15.0. The molecule has 0 amide bonds. The van der Waals surface area contributed by atoms with Crippen molar-refractivity contribution in [3.05, 3.63) is 51.5 Å². The molecular formula is C15H11BrClN3O. The summed E-state index contributed by atoms with van der Waals surface area (Å²) in [7, 11) is 0. The highest BCUT2D eigenvalue weighted by molar-refractivity contribution is 9.10. The summed E-state index contributed by atoms with van der Waals surface area (Å²) >= 11 is 9.36. The molecule has 1 heterocycles. The maximum absolute atomic E-state index is 5.98. The van der Waals surface area contributed by atoms with Gasteiger partial charge in [0.15, 0.2) is 0 Å². The van der Waals surface area contributed by atoms with Gasteiger partial charge < -0.3 is 10.3 Å². The summed E-state index contributed by atoms with van der Waals surface area (Å²) in [5.41, 5.74) is 9.15. The molecule has 21 heavy (non-hydrogen) atoms. The summed E-state index contributed by atoms with van der Waals surface area (Å²) < 4.78 is 6.13. The Balaban J connectivity index is 2.03. The van der Waals surface area contributed by atoms with Crippen molar-refractivity contribution in [3.63, 3.8) is 0 Å². The van der Waals surface area contributed by atoms with Gasteiger partial charge in [0.1, 0.15) is 0 Å². The predicted octanol–water partition coefficient (Wildman–Crippen LogP) is 4.71. The molecule has 0 radical (unpaired) electrons. The van der Waals surface area contributed by atoms with Crippen LogP contribution in [0.2, 0.25) is 5.02 Å². The van der Waals surface area contributed by atoms with Crippen molar-refractivity contribution in [1.29, 1.82) is 0 Å². The molecule has 6 heteroatoms. The lowest BCUT2D eigenvalue weighted by molar-refractivity contribution is 0.432. The van der Waals surface area contributed by atoms with Crippen LogP contribution in [-0.2, 0) is 0 Å². The van der Waals surface area contributed by atoms with E-state index in [-0.39, 0.29) is 0 Å². The molecule has 0 spiro atoms. The predicted molar refractivity (Wildman–Crippen MR) is 87.0 cm³/mol. The second kappa shape index (κ2) is 5.50. The van der Waals surface area contributed by atoms with Crippen LogP contribution in [0.4, 0.5) is 5.69 Å². The molecule has 0 saturated heterocycles. The Morgan fingerprint density at radius 3 is 2.76 bits per heavy atom. The quantitative estimate of drug-likeness (QED) is 0.669. The van der Waals surface area contributed by atoms with Gasteiger partial charge in [0, 0.05) is 21.3 Å². The van der Waals surface area contributed by atoms with Gasteiger partial charge in [-0.3, -0.25) is 0 Å². The number of nitrogens with two attached hydrogens (primary N) is 1. The van der Waals surface area contributed by atoms with Crippen LogP contribution in [0.25, 0.3) is 22.8 Å². The van der Waals surface area contributed by atoms with E-state index in [4.69, 9.17) is 21.9 Å². The molecule has 0 bridgehead atoms. The lowest BCUT2D eigenvalue weighted by Crippen LogP contribution is -1.89. The average Bonchev–Trinajstić information content (AvgIpc) is 2.94. The number of halogens is 2. The maximum Gasteiger partial charge on any atom is 0.258 e. The van der Waals surface area contributed by atoms with Crippen molar-refractivity contribution in [1.82, 2.24) is 10.1 Å². The molecule has 2 aromatic carbocycles. The highest BCUT2D eigenvalue weighted by Crippen LogP contribution is 2.30. The van der Waals surface area contributed by atoms with E-state index in [0.29, 0.717) is 22.4 Å². The van der Waals surface area contributed by atoms with Gasteiger partial charge in [0.25, 0.3) is 5.89 Å². The second-order valence-corrected chi connectivity index (χ2v) is 5.89. The topological polar surface area (TPSA) is 64.9 Å². The van der Waals surface area contributed by atoms with Crippen molar-refractivity contribution in [2.24, 2.45) is 0 Å². The summed E-state index contributed by atoms with van der Waals surface area (Å²) in [4.78, 5) is 4.43. The molecule has 0 aliphatic rings. The normalized spacial score (nSPS) is 10.8. The fraction of sp³-hybridized carbons (Fsp3) is 0.0667. The molecule has 0 aliphatic carbocycles. The largest absolute Gasteiger partial charge is 0.399 e. The number of aryl methyl sites for hydroxylation is 1. The SMILES string of the molecule is Cc1ccc(N)cc1-c1nc(-c2ccc(Cl)c(Br)c2)no1. The van der Waals surface area contributed by atoms with Gasteiger partial charge in [0.05, 0.1) is 5.02 Å². The van der Waals surface area contributed by atoms with Crippen molar-refractivity contribution >= 4 is 33.2 Å². The number of hydrogen-bond acceptors (Lipinski definition) is 4. The molecule has 0 fully saturated rings. The van der Waals surface area contributed by atoms with E-state index in [1.165, 1.54) is 0 Å². The third-order valence-electron chi connectivity index (χ3n) is 3.10. The lowest BCUT2D eigenvalue weighted by Gasteiger charge is -2.01. The zero-order valence-corrected chi connectivity index (χ0v) is 13.4. The zero-order valence-electron chi connectivity index (χ0n) is 11.1. The number of aromatic nitrogens is 2. The van der Waals surface area contributed by atoms with E-state index in [1.54, 1.807) is 6.07 Å². The molecule has 106 valence electrons. The number of hydrogen-bond donors (Lipinski definition) is 1. The fourth-order valence-electron chi connectivity index (χ4n) is 1.96. The molecule has 0 aliphatic heterocycles. The van der Waals surface area contributed by atoms with Crippen LogP contribution in [0, 0.1) is 6.92 Å². The van der Waals surface area contributed by atoms with Crippen molar-refractivity contribution in [2.45, 2.75) is 6.92 Å². The minimum Gasteiger partial charge on any atom is -0.399 e. The average molecular weight is 365 g/mol. The number of anilines is 1. The minimum atomic E-state index is 0.445. The second-order valence-electron chi connectivity index (χ2n) is 4.63. The number of rotatable bonds is 2. The van der Waals surface area contributed by atoms with Crippen molar-refractivity contribution in [3.8, 4) is 22.8 Å². The smallest absolute Gasteiger partial charge is 0.258 e. The highest BCUT2D eigenvalue weighted by atomic mass is 79.9. The fourth-order valence-corrected chi connectivity index (χ4v) is 2.45. The van der Waals surface area contributed by atoms with E-state index in [1.807, 2.05) is 37.3 Å². The van der Waals surface area contributed by atoms with Crippen molar-refractivity contribution < 1.29 is 4.52 Å². The van der Waals surface area contributed by atoms with Gasteiger partial charge in [-0.15, -0.1) is 0 Å². The number of benzene rings is 2. The van der Waals surface area contributed by atoms with E-state index >= 15 is 0 Å². The van der Waals surface area contributed by atoms with Crippen LogP contribution in [0.3, 0.4) is 0 Å². The van der Waals surface area contributed by atoms with Gasteiger partial charge in [0.2, 0.25) is 5.82 Å². The maximum atomic E-state index is 5.98. The van der Waals surface area contributed by atoms with E-state index < -0.39 is 0 Å². The van der Waals surface area contributed by atoms with Crippen LogP contribution in [0.1, 0.15) is 5.56 Å². The van der Waals surface area contributed by atoms with Crippen LogP contribution < -0.4 is 5.73 Å². The Hall–Kier alpha value is -1.85. The number of nitrogen functional groups attached to an aromatic ring is 1. The van der Waals surface area contributed by atoms with Gasteiger partial charge >= 0.3 is 0 Å². The molecule has 0 saturated carbocycles. The van der Waals surface area contributed by atoms with E-state index in [2.05, 4.69) is 26.1 Å². The molecule has 0 unspecified atom stereocenters. The monoisotopic (exact) mass is 363 g/mol. The third-order valence-corrected chi connectivity index (χ3v) is 4.31. The number of nitrogens with zero attached hydrogens (tertiary/aromatic N) is 2. The first-order chi connectivity index (χ1) is 10.0. The Morgan fingerprint density at radius 2 is 2.00 bits per heavy atom. The van der Waals surface area contributed by atoms with Crippen LogP contribution in [0.5, 0.6) is 0 Å². The molecule has 1 aromatic heterocycles. The third kappa shape index (κ3) is 2.80. The summed E-state index contributed by atoms with van der Waals surface area (Å²) in [5.74, 6) is 0.949. The Bertz CT molecular complexity index is 816. The van der Waals surface area contributed by atoms with E-state index in [0.717, 1.165) is 21.2 Å². The van der Waals surface area contributed by atoms with Crippen LogP contribution >= 0.6 is 27.5 Å². The van der Waals surface area contributed by atoms with Crippen LogP contribution in [-0.4, -0.2) is 10.1 Å². The minimum absolute atomic E-state index is 0.445. The van der Waals surface area contributed by atoms with Gasteiger partial charge in [-0.25, -0.2) is 0 Å². The standard InChI is InChI=1S/C15H11BrClN3O/c1-8-2-4-10(18)7-11(8)15-19-14(20-21-15)9-3-5-13(17)12(16)6-9/h2-7H,18H2,1H3. The van der Waals surface area contributed by atoms with Gasteiger partial charge in [-0.2, -0.15) is 4.98 Å². The molecule has 3 rings (SSSR count). The lowest BCUT2D eigenvalue weighted by atomic mass is 10.1. The Kier molecular flexibility index (Phi) is 3.69. The molecule has 2 N–H and O–H groups in total. The molecule has 0 atom stereocenters. The summed E-state index contributed by atoms with van der Waals surface area (Å²) in [6.07, 6.45) is 0. The summed E-state index contributed by atoms with van der Waals surface area (Å²) in [5, 5.41) is 4.65. The first kappa shape index (κ1) is 14.1. The summed E-state index contributed by atoms with van der Waals surface area (Å²) in [6.45, 7) is 1.97. The highest BCUT2D eigenvalue weighted by Gasteiger charge is 2.13. The van der Waals surface area contributed by atoms with Crippen LogP contribution in [0.15, 0.2) is 45.4 Å². The molecule has 3 aromatic rings. The Morgan fingerprint density at radius 1 is 1.19 bits per heavy atom. The summed E-state index contributed by atoms with van der Waals surface area (Å²) in [6, 6.07) is 11.1.